The van der Waals surface area contributed by atoms with E-state index in [2.05, 4.69) is 68.9 Å². The fourth-order valence-corrected chi connectivity index (χ4v) is 2.69. The van der Waals surface area contributed by atoms with Crippen LogP contribution in [0.15, 0.2) is 41.3 Å². The molecule has 3 nitrogen and oxygen atoms in total. The maximum atomic E-state index is 4.29. The van der Waals surface area contributed by atoms with Crippen LogP contribution < -0.4 is 5.32 Å². The van der Waals surface area contributed by atoms with E-state index in [1.807, 2.05) is 12.5 Å². The van der Waals surface area contributed by atoms with Crippen LogP contribution in [0.2, 0.25) is 0 Å². The lowest BCUT2D eigenvalue weighted by Crippen LogP contribution is -2.36. The number of nitrogens with one attached hydrogen (secondary N) is 1. The van der Waals surface area contributed by atoms with Crippen LogP contribution in [0, 0.1) is 0 Å². The summed E-state index contributed by atoms with van der Waals surface area (Å²) < 4.78 is 3.42. The fourth-order valence-electron chi connectivity index (χ4n) is 2.43. The van der Waals surface area contributed by atoms with E-state index in [1.165, 1.54) is 24.1 Å². The molecule has 4 heteroatoms. The van der Waals surface area contributed by atoms with Crippen LogP contribution in [0.3, 0.4) is 0 Å². The van der Waals surface area contributed by atoms with E-state index < -0.39 is 0 Å². The summed E-state index contributed by atoms with van der Waals surface area (Å²) in [5, 5.41) is 3.64. The van der Waals surface area contributed by atoms with Gasteiger partial charge in [-0.05, 0) is 44.4 Å². The van der Waals surface area contributed by atoms with Crippen molar-refractivity contribution in [2.75, 3.05) is 0 Å². The summed E-state index contributed by atoms with van der Waals surface area (Å²) in [5.41, 5.74) is 2.51. The monoisotopic (exact) mass is 333 g/mol. The van der Waals surface area contributed by atoms with Gasteiger partial charge in [0.2, 0.25) is 0 Å². The van der Waals surface area contributed by atoms with Crippen molar-refractivity contribution in [2.45, 2.75) is 44.8 Å². The zero-order chi connectivity index (χ0) is 14.2. The highest BCUT2D eigenvalue weighted by Gasteiger charge is 2.26. The van der Waals surface area contributed by atoms with E-state index in [1.54, 1.807) is 0 Å². The minimum absolute atomic E-state index is 0.0562. The van der Waals surface area contributed by atoms with E-state index in [9.17, 15) is 0 Å². The molecule has 1 aromatic carbocycles. The van der Waals surface area contributed by atoms with Crippen molar-refractivity contribution in [1.29, 1.82) is 0 Å². The van der Waals surface area contributed by atoms with E-state index >= 15 is 0 Å². The zero-order valence-corrected chi connectivity index (χ0v) is 13.5. The molecule has 1 heterocycles. The van der Waals surface area contributed by atoms with Gasteiger partial charge in [0, 0.05) is 28.8 Å². The van der Waals surface area contributed by atoms with Gasteiger partial charge in [0.1, 0.15) is 0 Å². The quantitative estimate of drug-likeness (QED) is 0.895. The van der Waals surface area contributed by atoms with Gasteiger partial charge in [0.25, 0.3) is 0 Å². The average Bonchev–Trinajstić information content (AvgIpc) is 3.16. The van der Waals surface area contributed by atoms with Crippen molar-refractivity contribution in [3.63, 3.8) is 0 Å². The molecule has 3 rings (SSSR count). The molecule has 0 bridgehead atoms. The first-order valence-electron chi connectivity index (χ1n) is 7.08. The lowest BCUT2D eigenvalue weighted by Gasteiger charge is -2.27. The molecule has 0 radical (unpaired) electrons. The maximum absolute atomic E-state index is 4.29. The SMILES string of the molecule is CC(C)(NCc1cncn1C1CC1)c1ccc(Br)cc1. The highest BCUT2D eigenvalue weighted by atomic mass is 79.9. The Balaban J connectivity index is 1.69. The molecule has 1 fully saturated rings. The molecular formula is C16H20BrN3. The van der Waals surface area contributed by atoms with Gasteiger partial charge in [-0.15, -0.1) is 0 Å². The van der Waals surface area contributed by atoms with Gasteiger partial charge in [0.15, 0.2) is 0 Å². The predicted octanol–water partition coefficient (Wildman–Crippen LogP) is 4.01. The molecule has 1 aliphatic rings. The summed E-state index contributed by atoms with van der Waals surface area (Å²) in [6.45, 7) is 5.28. The van der Waals surface area contributed by atoms with E-state index in [-0.39, 0.29) is 5.54 Å². The summed E-state index contributed by atoms with van der Waals surface area (Å²) in [6, 6.07) is 9.19. The largest absolute Gasteiger partial charge is 0.330 e. The number of imidazole rings is 1. The Morgan fingerprint density at radius 3 is 2.65 bits per heavy atom. The van der Waals surface area contributed by atoms with Crippen LogP contribution in [-0.2, 0) is 12.1 Å². The third kappa shape index (κ3) is 2.96. The number of hydrogen-bond acceptors (Lipinski definition) is 2. The second kappa shape index (κ2) is 5.34. The van der Waals surface area contributed by atoms with Crippen molar-refractivity contribution < 1.29 is 0 Å². The first kappa shape index (κ1) is 13.8. The van der Waals surface area contributed by atoms with Crippen molar-refractivity contribution in [3.8, 4) is 0 Å². The third-order valence-corrected chi connectivity index (χ3v) is 4.49. The molecule has 1 saturated carbocycles. The summed E-state index contributed by atoms with van der Waals surface area (Å²) in [4.78, 5) is 4.29. The minimum atomic E-state index is -0.0562. The third-order valence-electron chi connectivity index (χ3n) is 3.96. The van der Waals surface area contributed by atoms with Crippen molar-refractivity contribution >= 4 is 15.9 Å². The molecule has 1 aromatic heterocycles. The predicted molar refractivity (Wildman–Crippen MR) is 84.5 cm³/mol. The summed E-state index contributed by atoms with van der Waals surface area (Å²) in [5.74, 6) is 0. The molecule has 0 spiro atoms. The first-order chi connectivity index (χ1) is 9.56. The zero-order valence-electron chi connectivity index (χ0n) is 11.9. The highest BCUT2D eigenvalue weighted by Crippen LogP contribution is 2.35. The molecule has 0 atom stereocenters. The number of aromatic nitrogens is 2. The lowest BCUT2D eigenvalue weighted by molar-refractivity contribution is 0.393. The van der Waals surface area contributed by atoms with Gasteiger partial charge in [-0.2, -0.15) is 0 Å². The molecule has 1 N–H and O–H groups in total. The smallest absolute Gasteiger partial charge is 0.0951 e. The molecule has 106 valence electrons. The minimum Gasteiger partial charge on any atom is -0.330 e. The second-order valence-corrected chi connectivity index (χ2v) is 6.92. The Bertz CT molecular complexity index is 582. The summed E-state index contributed by atoms with van der Waals surface area (Å²) in [6.07, 6.45) is 6.52. The van der Waals surface area contributed by atoms with Gasteiger partial charge in [-0.1, -0.05) is 28.1 Å². The normalized spacial score (nSPS) is 15.6. The number of benzene rings is 1. The molecule has 20 heavy (non-hydrogen) atoms. The standard InChI is InChI=1S/C16H20BrN3/c1-16(2,12-3-5-13(17)6-4-12)19-10-15-9-18-11-20(15)14-7-8-14/h3-6,9,11,14,19H,7-8,10H2,1-2H3. The Morgan fingerprint density at radius 2 is 2.00 bits per heavy atom. The summed E-state index contributed by atoms with van der Waals surface area (Å²) >= 11 is 3.48. The highest BCUT2D eigenvalue weighted by molar-refractivity contribution is 9.10. The Labute approximate surface area is 128 Å². The van der Waals surface area contributed by atoms with E-state index in [4.69, 9.17) is 0 Å². The molecule has 1 aliphatic carbocycles. The van der Waals surface area contributed by atoms with E-state index in [0.29, 0.717) is 6.04 Å². The van der Waals surface area contributed by atoms with Crippen LogP contribution in [0.25, 0.3) is 0 Å². The number of nitrogens with zero attached hydrogens (tertiary/aromatic N) is 2. The van der Waals surface area contributed by atoms with Gasteiger partial charge in [-0.3, -0.25) is 0 Å². The van der Waals surface area contributed by atoms with Crippen LogP contribution in [0.1, 0.15) is 44.0 Å². The van der Waals surface area contributed by atoms with Crippen molar-refractivity contribution in [3.05, 3.63) is 52.5 Å². The van der Waals surface area contributed by atoms with Crippen LogP contribution in [0.4, 0.5) is 0 Å². The molecular weight excluding hydrogens is 314 g/mol. The Kier molecular flexibility index (Phi) is 3.69. The lowest BCUT2D eigenvalue weighted by atomic mass is 9.94. The molecule has 0 amide bonds. The Morgan fingerprint density at radius 1 is 1.30 bits per heavy atom. The van der Waals surface area contributed by atoms with Gasteiger partial charge in [-0.25, -0.2) is 4.98 Å². The van der Waals surface area contributed by atoms with Crippen molar-refractivity contribution in [2.24, 2.45) is 0 Å². The number of halogens is 1. The average molecular weight is 334 g/mol. The Hall–Kier alpha value is -1.13. The number of hydrogen-bond donors (Lipinski definition) is 1. The topological polar surface area (TPSA) is 29.9 Å². The van der Waals surface area contributed by atoms with Gasteiger partial charge in [0.05, 0.1) is 12.0 Å². The van der Waals surface area contributed by atoms with E-state index in [0.717, 1.165) is 11.0 Å². The summed E-state index contributed by atoms with van der Waals surface area (Å²) in [7, 11) is 0. The molecule has 2 aromatic rings. The van der Waals surface area contributed by atoms with Crippen LogP contribution in [-0.4, -0.2) is 9.55 Å². The molecule has 0 unspecified atom stereocenters. The van der Waals surface area contributed by atoms with Crippen LogP contribution >= 0.6 is 15.9 Å². The van der Waals surface area contributed by atoms with Gasteiger partial charge < -0.3 is 9.88 Å². The molecule has 0 saturated heterocycles. The van der Waals surface area contributed by atoms with Crippen molar-refractivity contribution in [1.82, 2.24) is 14.9 Å². The fraction of sp³-hybridized carbons (Fsp3) is 0.438. The maximum Gasteiger partial charge on any atom is 0.0951 e. The second-order valence-electron chi connectivity index (χ2n) is 6.01. The van der Waals surface area contributed by atoms with Gasteiger partial charge >= 0.3 is 0 Å². The number of rotatable bonds is 5. The van der Waals surface area contributed by atoms with Crippen LogP contribution in [0.5, 0.6) is 0 Å². The first-order valence-corrected chi connectivity index (χ1v) is 7.87. The molecule has 0 aliphatic heterocycles.